The van der Waals surface area contributed by atoms with Crippen LogP contribution in [0, 0.1) is 5.82 Å². The monoisotopic (exact) mass is 279 g/mol. The Morgan fingerprint density at radius 2 is 2.26 bits per heavy atom. The van der Waals surface area contributed by atoms with Crippen molar-refractivity contribution in [3.05, 3.63) is 52.0 Å². The minimum Gasteiger partial charge on any atom is -0.507 e. The van der Waals surface area contributed by atoms with Gasteiger partial charge in [-0.2, -0.15) is 0 Å². The number of thiophene rings is 1. The normalized spacial score (nSPS) is 12.1. The first-order chi connectivity index (χ1) is 9.11. The molecule has 0 aliphatic heterocycles. The van der Waals surface area contributed by atoms with Crippen LogP contribution in [0.1, 0.15) is 34.6 Å². The van der Waals surface area contributed by atoms with Crippen LogP contribution in [0.2, 0.25) is 0 Å². The molecule has 0 bridgehead atoms. The Bertz CT molecular complexity index is 569. The molecule has 0 fully saturated rings. The number of halogens is 1. The first-order valence-electron chi connectivity index (χ1n) is 5.94. The zero-order valence-corrected chi connectivity index (χ0v) is 11.2. The summed E-state index contributed by atoms with van der Waals surface area (Å²) in [5.74, 6) is -1.25. The van der Waals surface area contributed by atoms with Gasteiger partial charge in [-0.15, -0.1) is 11.3 Å². The number of benzene rings is 1. The number of amides is 1. The smallest absolute Gasteiger partial charge is 0.255 e. The van der Waals surface area contributed by atoms with Gasteiger partial charge >= 0.3 is 0 Å². The van der Waals surface area contributed by atoms with Gasteiger partial charge in [0.25, 0.3) is 5.91 Å². The second kappa shape index (κ2) is 5.84. The number of rotatable bonds is 4. The summed E-state index contributed by atoms with van der Waals surface area (Å²) < 4.78 is 13.1. The molecular formula is C14H14FNO2S. The largest absolute Gasteiger partial charge is 0.507 e. The lowest BCUT2D eigenvalue weighted by atomic mass is 10.1. The maximum Gasteiger partial charge on any atom is 0.255 e. The Kier molecular flexibility index (Phi) is 4.16. The molecule has 1 atom stereocenters. The van der Waals surface area contributed by atoms with E-state index in [-0.39, 0.29) is 17.4 Å². The van der Waals surface area contributed by atoms with Gasteiger partial charge in [0.1, 0.15) is 11.6 Å². The summed E-state index contributed by atoms with van der Waals surface area (Å²) >= 11 is 1.55. The van der Waals surface area contributed by atoms with E-state index in [4.69, 9.17) is 0 Å². The zero-order chi connectivity index (χ0) is 13.8. The molecule has 0 radical (unpaired) electrons. The third kappa shape index (κ3) is 3.12. The van der Waals surface area contributed by atoms with Crippen molar-refractivity contribution >= 4 is 17.2 Å². The molecule has 0 saturated heterocycles. The molecule has 0 saturated carbocycles. The first-order valence-corrected chi connectivity index (χ1v) is 6.82. The van der Waals surface area contributed by atoms with Gasteiger partial charge in [0, 0.05) is 4.88 Å². The average Bonchev–Trinajstić information content (AvgIpc) is 2.92. The van der Waals surface area contributed by atoms with Crippen molar-refractivity contribution in [2.75, 3.05) is 0 Å². The van der Waals surface area contributed by atoms with E-state index >= 15 is 0 Å². The van der Waals surface area contributed by atoms with E-state index in [0.29, 0.717) is 0 Å². The molecule has 2 rings (SSSR count). The topological polar surface area (TPSA) is 49.3 Å². The van der Waals surface area contributed by atoms with Gasteiger partial charge in [-0.25, -0.2) is 4.39 Å². The molecule has 3 nitrogen and oxygen atoms in total. The Morgan fingerprint density at radius 3 is 2.89 bits per heavy atom. The van der Waals surface area contributed by atoms with E-state index < -0.39 is 11.7 Å². The third-order valence-corrected chi connectivity index (χ3v) is 3.79. The molecule has 0 spiro atoms. The van der Waals surface area contributed by atoms with Crippen LogP contribution < -0.4 is 5.32 Å². The van der Waals surface area contributed by atoms with E-state index in [1.54, 1.807) is 11.3 Å². The summed E-state index contributed by atoms with van der Waals surface area (Å²) in [6.45, 7) is 1.95. The Labute approximate surface area is 114 Å². The van der Waals surface area contributed by atoms with Crippen molar-refractivity contribution in [1.29, 1.82) is 0 Å². The van der Waals surface area contributed by atoms with Gasteiger partial charge in [-0.05, 0) is 36.1 Å². The number of hydrogen-bond donors (Lipinski definition) is 2. The van der Waals surface area contributed by atoms with Crippen LogP contribution in [0.3, 0.4) is 0 Å². The van der Waals surface area contributed by atoms with Crippen LogP contribution in [0.4, 0.5) is 4.39 Å². The minimum absolute atomic E-state index is 0.0463. The molecular weight excluding hydrogens is 265 g/mol. The highest BCUT2D eigenvalue weighted by Gasteiger charge is 2.17. The van der Waals surface area contributed by atoms with E-state index in [1.165, 1.54) is 6.07 Å². The van der Waals surface area contributed by atoms with Gasteiger partial charge in [0.2, 0.25) is 0 Å². The van der Waals surface area contributed by atoms with Crippen LogP contribution in [-0.4, -0.2) is 11.0 Å². The molecule has 100 valence electrons. The zero-order valence-electron chi connectivity index (χ0n) is 10.4. The molecule has 2 aromatic rings. The number of phenolic OH excluding ortho intramolecular Hbond substituents is 1. The SMILES string of the molecule is CCC(NC(=O)c1cc(F)ccc1O)c1cccs1. The molecule has 2 N–H and O–H groups in total. The Balaban J connectivity index is 2.18. The highest BCUT2D eigenvalue weighted by molar-refractivity contribution is 7.10. The summed E-state index contributed by atoms with van der Waals surface area (Å²) in [7, 11) is 0. The molecule has 1 amide bonds. The van der Waals surface area contributed by atoms with Gasteiger partial charge in [-0.3, -0.25) is 4.79 Å². The number of aromatic hydroxyl groups is 1. The highest BCUT2D eigenvalue weighted by atomic mass is 32.1. The van der Waals surface area contributed by atoms with Gasteiger partial charge in [-0.1, -0.05) is 13.0 Å². The quantitative estimate of drug-likeness (QED) is 0.900. The maximum absolute atomic E-state index is 13.1. The number of hydrogen-bond acceptors (Lipinski definition) is 3. The molecule has 0 aliphatic rings. The van der Waals surface area contributed by atoms with Crippen LogP contribution in [0.25, 0.3) is 0 Å². The summed E-state index contributed by atoms with van der Waals surface area (Å²) in [5.41, 5.74) is -0.0463. The fourth-order valence-corrected chi connectivity index (χ4v) is 2.65. The molecule has 19 heavy (non-hydrogen) atoms. The van der Waals surface area contributed by atoms with Crippen molar-refractivity contribution in [2.45, 2.75) is 19.4 Å². The van der Waals surface area contributed by atoms with Crippen LogP contribution >= 0.6 is 11.3 Å². The predicted octanol–water partition coefficient (Wildman–Crippen LogP) is 3.47. The highest BCUT2D eigenvalue weighted by Crippen LogP contribution is 2.24. The van der Waals surface area contributed by atoms with Gasteiger partial charge in [0.05, 0.1) is 11.6 Å². The van der Waals surface area contributed by atoms with Crippen molar-refractivity contribution in [3.8, 4) is 5.75 Å². The van der Waals surface area contributed by atoms with Gasteiger partial charge < -0.3 is 10.4 Å². The minimum atomic E-state index is -0.549. The summed E-state index contributed by atoms with van der Waals surface area (Å²) in [4.78, 5) is 13.1. The fourth-order valence-electron chi connectivity index (χ4n) is 1.79. The van der Waals surface area contributed by atoms with E-state index in [2.05, 4.69) is 5.32 Å². The molecule has 1 aromatic heterocycles. The number of carbonyl (C=O) groups is 1. The molecule has 1 unspecified atom stereocenters. The number of nitrogens with one attached hydrogen (secondary N) is 1. The second-order valence-electron chi connectivity index (χ2n) is 4.11. The molecule has 1 aromatic carbocycles. The van der Waals surface area contributed by atoms with Crippen molar-refractivity contribution < 1.29 is 14.3 Å². The Hall–Kier alpha value is -1.88. The van der Waals surface area contributed by atoms with Crippen LogP contribution in [0.5, 0.6) is 5.75 Å². The predicted molar refractivity (Wildman–Crippen MR) is 72.9 cm³/mol. The maximum atomic E-state index is 13.1. The molecule has 5 heteroatoms. The fraction of sp³-hybridized carbons (Fsp3) is 0.214. The van der Waals surface area contributed by atoms with Crippen molar-refractivity contribution in [3.63, 3.8) is 0 Å². The van der Waals surface area contributed by atoms with E-state index in [1.807, 2.05) is 24.4 Å². The van der Waals surface area contributed by atoms with Crippen molar-refractivity contribution in [1.82, 2.24) is 5.32 Å². The summed E-state index contributed by atoms with van der Waals surface area (Å²) in [6.07, 6.45) is 0.725. The molecule has 1 heterocycles. The molecule has 0 aliphatic carbocycles. The van der Waals surface area contributed by atoms with Gasteiger partial charge in [0.15, 0.2) is 0 Å². The van der Waals surface area contributed by atoms with Crippen LogP contribution in [0.15, 0.2) is 35.7 Å². The standard InChI is InChI=1S/C14H14FNO2S/c1-2-11(13-4-3-7-19-13)16-14(18)10-8-9(15)5-6-12(10)17/h3-8,11,17H,2H2,1H3,(H,16,18). The summed E-state index contributed by atoms with van der Waals surface area (Å²) in [5, 5.41) is 14.3. The first kappa shape index (κ1) is 13.5. The number of carbonyl (C=O) groups excluding carboxylic acids is 1. The third-order valence-electron chi connectivity index (χ3n) is 2.80. The van der Waals surface area contributed by atoms with E-state index in [9.17, 15) is 14.3 Å². The van der Waals surface area contributed by atoms with Crippen molar-refractivity contribution in [2.24, 2.45) is 0 Å². The second-order valence-corrected chi connectivity index (χ2v) is 5.09. The lowest BCUT2D eigenvalue weighted by Crippen LogP contribution is -2.27. The lowest BCUT2D eigenvalue weighted by Gasteiger charge is -2.16. The number of phenols is 1. The Morgan fingerprint density at radius 1 is 1.47 bits per heavy atom. The average molecular weight is 279 g/mol. The van der Waals surface area contributed by atoms with Crippen LogP contribution in [-0.2, 0) is 0 Å². The van der Waals surface area contributed by atoms with E-state index in [0.717, 1.165) is 23.4 Å². The summed E-state index contributed by atoms with van der Waals surface area (Å²) in [6, 6.07) is 7.04. The lowest BCUT2D eigenvalue weighted by molar-refractivity contribution is 0.0933.